The molecule has 2 aliphatic rings. The molecule has 1 amide bonds. The van der Waals surface area contributed by atoms with Crippen molar-refractivity contribution in [3.05, 3.63) is 0 Å². The smallest absolute Gasteiger partial charge is 0.411 e. The Morgan fingerprint density at radius 3 is 2.12 bits per heavy atom. The van der Waals surface area contributed by atoms with Crippen molar-refractivity contribution < 1.29 is 39.2 Å². The Kier molecular flexibility index (Phi) is 7.79. The molecule has 10 heteroatoms. The number of nitrogens with one attached hydrogen (secondary N) is 1. The Balaban J connectivity index is 0.000000314. The van der Waals surface area contributed by atoms with Crippen LogP contribution in [0.1, 0.15) is 33.6 Å². The lowest BCUT2D eigenvalue weighted by Gasteiger charge is -2.27. The summed E-state index contributed by atoms with van der Waals surface area (Å²) in [5.74, 6) is -1.42. The molecule has 0 radical (unpaired) electrons. The lowest BCUT2D eigenvalue weighted by Crippen LogP contribution is -2.43. The van der Waals surface area contributed by atoms with Gasteiger partial charge in [0.2, 0.25) is 0 Å². The van der Waals surface area contributed by atoms with E-state index >= 15 is 0 Å². The van der Waals surface area contributed by atoms with E-state index in [-0.39, 0.29) is 13.0 Å². The average molecular weight is 376 g/mol. The zero-order valence-electron chi connectivity index (χ0n) is 15.5. The SMILES string of the molecule is COC(=O)[C@@H]1C[C@H](O)CN1C(=O)OC(C)(C)C.O=C(O)[C@@H]1C[C@H](O)CN1. The van der Waals surface area contributed by atoms with Gasteiger partial charge in [-0.15, -0.1) is 0 Å². The van der Waals surface area contributed by atoms with E-state index in [1.165, 1.54) is 12.0 Å². The molecule has 26 heavy (non-hydrogen) atoms. The van der Waals surface area contributed by atoms with Crippen molar-refractivity contribution in [3.8, 4) is 0 Å². The molecule has 0 spiro atoms. The highest BCUT2D eigenvalue weighted by atomic mass is 16.6. The van der Waals surface area contributed by atoms with Crippen LogP contribution in [0.3, 0.4) is 0 Å². The number of aliphatic carboxylic acids is 1. The van der Waals surface area contributed by atoms with Gasteiger partial charge in [0.25, 0.3) is 0 Å². The maximum Gasteiger partial charge on any atom is 0.411 e. The van der Waals surface area contributed by atoms with Crippen LogP contribution in [0.2, 0.25) is 0 Å². The first-order chi connectivity index (χ1) is 11.9. The second-order valence-electron chi connectivity index (χ2n) is 7.25. The molecule has 2 saturated heterocycles. The Hall–Kier alpha value is -1.91. The summed E-state index contributed by atoms with van der Waals surface area (Å²) >= 11 is 0. The second-order valence-corrected chi connectivity index (χ2v) is 7.25. The highest BCUT2D eigenvalue weighted by Crippen LogP contribution is 2.22. The number of methoxy groups -OCH3 is 1. The largest absolute Gasteiger partial charge is 0.480 e. The molecule has 4 N–H and O–H groups in total. The highest BCUT2D eigenvalue weighted by Gasteiger charge is 2.41. The Labute approximate surface area is 152 Å². The number of carbonyl (C=O) groups is 3. The van der Waals surface area contributed by atoms with E-state index in [0.717, 1.165) is 0 Å². The fourth-order valence-corrected chi connectivity index (χ4v) is 2.60. The van der Waals surface area contributed by atoms with Gasteiger partial charge >= 0.3 is 18.0 Å². The lowest BCUT2D eigenvalue weighted by atomic mass is 10.2. The molecule has 10 nitrogen and oxygen atoms in total. The Morgan fingerprint density at radius 2 is 1.73 bits per heavy atom. The number of carboxylic acid groups (broad SMARTS) is 1. The number of ether oxygens (including phenoxy) is 2. The van der Waals surface area contributed by atoms with Gasteiger partial charge in [-0.3, -0.25) is 9.69 Å². The number of esters is 1. The van der Waals surface area contributed by atoms with Crippen LogP contribution in [0.4, 0.5) is 4.79 Å². The van der Waals surface area contributed by atoms with Gasteiger partial charge in [0, 0.05) is 19.4 Å². The van der Waals surface area contributed by atoms with Crippen molar-refractivity contribution in [3.63, 3.8) is 0 Å². The number of aliphatic hydroxyl groups is 2. The molecule has 0 aromatic carbocycles. The van der Waals surface area contributed by atoms with E-state index in [1.54, 1.807) is 20.8 Å². The number of amides is 1. The number of nitrogens with zero attached hydrogens (tertiary/aromatic N) is 1. The van der Waals surface area contributed by atoms with Crippen molar-refractivity contribution in [1.82, 2.24) is 10.2 Å². The number of hydrogen-bond donors (Lipinski definition) is 4. The summed E-state index contributed by atoms with van der Waals surface area (Å²) in [6.45, 7) is 5.71. The van der Waals surface area contributed by atoms with E-state index in [0.29, 0.717) is 13.0 Å². The second kappa shape index (κ2) is 9.15. The molecule has 2 aliphatic heterocycles. The maximum atomic E-state index is 11.8. The fraction of sp³-hybridized carbons (Fsp3) is 0.812. The molecule has 2 heterocycles. The molecule has 150 valence electrons. The zero-order chi connectivity index (χ0) is 20.1. The first kappa shape index (κ1) is 22.1. The predicted octanol–water partition coefficient (Wildman–Crippen LogP) is -0.676. The minimum atomic E-state index is -0.883. The highest BCUT2D eigenvalue weighted by molar-refractivity contribution is 5.82. The van der Waals surface area contributed by atoms with Gasteiger partial charge in [-0.2, -0.15) is 0 Å². The zero-order valence-corrected chi connectivity index (χ0v) is 15.5. The van der Waals surface area contributed by atoms with Crippen molar-refractivity contribution in [2.24, 2.45) is 0 Å². The number of rotatable bonds is 2. The summed E-state index contributed by atoms with van der Waals surface area (Å²) in [5.41, 5.74) is -0.634. The molecule has 0 saturated carbocycles. The number of hydrogen-bond acceptors (Lipinski definition) is 8. The summed E-state index contributed by atoms with van der Waals surface area (Å²) in [7, 11) is 1.25. The van der Waals surface area contributed by atoms with Crippen LogP contribution in [-0.4, -0.2) is 88.3 Å². The molecular weight excluding hydrogens is 348 g/mol. The van der Waals surface area contributed by atoms with E-state index < -0.39 is 47.9 Å². The Bertz CT molecular complexity index is 519. The quantitative estimate of drug-likeness (QED) is 0.461. The number of carboxylic acids is 1. The maximum absolute atomic E-state index is 11.8. The number of likely N-dealkylation sites (tertiary alicyclic amines) is 1. The van der Waals surface area contributed by atoms with E-state index in [9.17, 15) is 19.5 Å². The number of aliphatic hydroxyl groups excluding tert-OH is 2. The van der Waals surface area contributed by atoms with Gasteiger partial charge < -0.3 is 30.1 Å². The molecule has 2 fully saturated rings. The summed E-state index contributed by atoms with van der Waals surface area (Å²) in [5, 5.41) is 29.3. The lowest BCUT2D eigenvalue weighted by molar-refractivity contribution is -0.145. The molecule has 0 aromatic rings. The summed E-state index contributed by atoms with van der Waals surface area (Å²) in [6, 6.07) is -1.30. The summed E-state index contributed by atoms with van der Waals surface area (Å²) in [6.07, 6.45) is -1.29. The van der Waals surface area contributed by atoms with Crippen LogP contribution in [0.15, 0.2) is 0 Å². The van der Waals surface area contributed by atoms with Gasteiger partial charge in [-0.05, 0) is 20.8 Å². The molecule has 0 unspecified atom stereocenters. The van der Waals surface area contributed by atoms with E-state index in [1.807, 2.05) is 0 Å². The first-order valence-corrected chi connectivity index (χ1v) is 8.34. The average Bonchev–Trinajstić information content (AvgIpc) is 3.11. The van der Waals surface area contributed by atoms with Gasteiger partial charge in [0.15, 0.2) is 0 Å². The van der Waals surface area contributed by atoms with Crippen LogP contribution in [0, 0.1) is 0 Å². The summed E-state index contributed by atoms with van der Waals surface area (Å²) < 4.78 is 9.76. The third-order valence-electron chi connectivity index (χ3n) is 3.79. The third-order valence-corrected chi connectivity index (χ3v) is 3.79. The van der Waals surface area contributed by atoms with Crippen LogP contribution >= 0.6 is 0 Å². The van der Waals surface area contributed by atoms with E-state index in [2.05, 4.69) is 10.1 Å². The monoisotopic (exact) mass is 376 g/mol. The number of β-amino-alcohol motifs (C(OH)–C–C–N with tert-alkyl or cyclic N) is 2. The van der Waals surface area contributed by atoms with Crippen molar-refractivity contribution in [1.29, 1.82) is 0 Å². The summed E-state index contributed by atoms with van der Waals surface area (Å²) in [4.78, 5) is 34.7. The minimum Gasteiger partial charge on any atom is -0.480 e. The standard InChI is InChI=1S/C11H19NO5.C5H9NO3/c1-11(2,3)17-10(15)12-6-7(13)5-8(12)9(14)16-4;7-3-1-4(5(8)9)6-2-3/h7-8,13H,5-6H2,1-4H3;3-4,6-7H,1-2H2,(H,8,9)/t7-,8-;3-,4-/m00/s1. The van der Waals surface area contributed by atoms with Crippen LogP contribution in [0.25, 0.3) is 0 Å². The molecule has 4 atom stereocenters. The van der Waals surface area contributed by atoms with E-state index in [4.69, 9.17) is 14.9 Å². The van der Waals surface area contributed by atoms with Gasteiger partial charge in [0.05, 0.1) is 25.9 Å². The third kappa shape index (κ3) is 6.77. The van der Waals surface area contributed by atoms with Gasteiger partial charge in [0.1, 0.15) is 17.7 Å². The van der Waals surface area contributed by atoms with Gasteiger partial charge in [-0.1, -0.05) is 0 Å². The fourth-order valence-electron chi connectivity index (χ4n) is 2.60. The van der Waals surface area contributed by atoms with Gasteiger partial charge in [-0.25, -0.2) is 9.59 Å². The molecular formula is C16H28N2O8. The molecule has 0 bridgehead atoms. The van der Waals surface area contributed by atoms with Crippen LogP contribution < -0.4 is 5.32 Å². The van der Waals surface area contributed by atoms with Crippen molar-refractivity contribution in [2.45, 2.75) is 63.5 Å². The van der Waals surface area contributed by atoms with Crippen LogP contribution in [-0.2, 0) is 19.1 Å². The normalized spacial score (nSPS) is 28.2. The predicted molar refractivity (Wildman–Crippen MR) is 89.4 cm³/mol. The molecule has 0 aromatic heterocycles. The Morgan fingerprint density at radius 1 is 1.12 bits per heavy atom. The molecule has 0 aliphatic carbocycles. The van der Waals surface area contributed by atoms with Crippen molar-refractivity contribution >= 4 is 18.0 Å². The first-order valence-electron chi connectivity index (χ1n) is 8.34. The minimum absolute atomic E-state index is 0.0919. The topological polar surface area (TPSA) is 146 Å². The number of carbonyl (C=O) groups excluding carboxylic acids is 2. The van der Waals surface area contributed by atoms with Crippen molar-refractivity contribution in [2.75, 3.05) is 20.2 Å². The van der Waals surface area contributed by atoms with Crippen LogP contribution in [0.5, 0.6) is 0 Å². The molecule has 2 rings (SSSR count).